The van der Waals surface area contributed by atoms with Gasteiger partial charge in [-0.1, -0.05) is 23.8 Å². The second-order valence-corrected chi connectivity index (χ2v) is 6.95. The molecule has 0 unspecified atom stereocenters. The van der Waals surface area contributed by atoms with Gasteiger partial charge in [0.2, 0.25) is 0 Å². The highest BCUT2D eigenvalue weighted by Crippen LogP contribution is 2.45. The number of phenols is 2. The van der Waals surface area contributed by atoms with E-state index in [0.29, 0.717) is 35.5 Å². The fraction of sp³-hybridized carbons (Fsp3) is 0.238. The zero-order valence-corrected chi connectivity index (χ0v) is 15.4. The lowest BCUT2D eigenvalue weighted by Crippen LogP contribution is -2.31. The number of fused-ring (bicyclic) bond motifs is 1. The highest BCUT2D eigenvalue weighted by atomic mass is 16.3. The molecule has 0 bridgehead atoms. The van der Waals surface area contributed by atoms with Crippen LogP contribution in [-0.2, 0) is 0 Å². The van der Waals surface area contributed by atoms with Gasteiger partial charge in [-0.2, -0.15) is 5.10 Å². The number of aryl methyl sites for hydroxylation is 1. The molecule has 28 heavy (non-hydrogen) atoms. The Morgan fingerprint density at radius 3 is 2.75 bits per heavy atom. The van der Waals surface area contributed by atoms with Gasteiger partial charge in [-0.3, -0.25) is 9.89 Å². The summed E-state index contributed by atoms with van der Waals surface area (Å²) in [5.74, 6) is -0.0394. The first-order chi connectivity index (χ1) is 13.5. The maximum Gasteiger partial charge on any atom is 0.273 e. The molecule has 7 nitrogen and oxygen atoms in total. The minimum absolute atomic E-state index is 0.0335. The summed E-state index contributed by atoms with van der Waals surface area (Å²) in [7, 11) is 0. The van der Waals surface area contributed by atoms with Crippen LogP contribution in [0.5, 0.6) is 11.5 Å². The number of amides is 1. The minimum Gasteiger partial charge on any atom is -0.508 e. The van der Waals surface area contributed by atoms with E-state index < -0.39 is 6.04 Å². The van der Waals surface area contributed by atoms with E-state index in [0.717, 1.165) is 11.1 Å². The summed E-state index contributed by atoms with van der Waals surface area (Å²) in [5.41, 5.74) is 3.76. The predicted octanol–water partition coefficient (Wildman–Crippen LogP) is 2.72. The molecule has 0 saturated carbocycles. The lowest BCUT2D eigenvalue weighted by atomic mass is 9.95. The Balaban J connectivity index is 1.91. The summed E-state index contributed by atoms with van der Waals surface area (Å²) in [4.78, 5) is 14.7. The number of nitrogens with zero attached hydrogens (tertiary/aromatic N) is 2. The van der Waals surface area contributed by atoms with Crippen molar-refractivity contribution in [2.75, 3.05) is 13.2 Å². The van der Waals surface area contributed by atoms with Crippen LogP contribution >= 0.6 is 0 Å². The van der Waals surface area contributed by atoms with Gasteiger partial charge < -0.3 is 20.2 Å². The molecule has 3 aromatic rings. The molecule has 2 aromatic carbocycles. The topological polar surface area (TPSA) is 110 Å². The van der Waals surface area contributed by atoms with E-state index in [4.69, 9.17) is 0 Å². The van der Waals surface area contributed by atoms with Crippen LogP contribution in [0.25, 0.3) is 11.3 Å². The van der Waals surface area contributed by atoms with Crippen LogP contribution in [0.3, 0.4) is 0 Å². The number of aromatic hydroxyl groups is 2. The van der Waals surface area contributed by atoms with Gasteiger partial charge in [-0.05, 0) is 43.2 Å². The number of carbonyl (C=O) groups is 1. The number of aliphatic hydroxyl groups excluding tert-OH is 1. The van der Waals surface area contributed by atoms with E-state index in [-0.39, 0.29) is 24.0 Å². The van der Waals surface area contributed by atoms with Gasteiger partial charge in [0.15, 0.2) is 0 Å². The number of benzene rings is 2. The summed E-state index contributed by atoms with van der Waals surface area (Å²) in [6.45, 7) is 2.24. The van der Waals surface area contributed by atoms with Crippen molar-refractivity contribution in [3.63, 3.8) is 0 Å². The highest BCUT2D eigenvalue weighted by molar-refractivity contribution is 6.00. The van der Waals surface area contributed by atoms with Crippen LogP contribution in [0.2, 0.25) is 0 Å². The second-order valence-electron chi connectivity index (χ2n) is 6.95. The lowest BCUT2D eigenvalue weighted by Gasteiger charge is -2.26. The third-order valence-corrected chi connectivity index (χ3v) is 5.01. The normalized spacial score (nSPS) is 15.9. The van der Waals surface area contributed by atoms with Gasteiger partial charge in [0.05, 0.1) is 6.04 Å². The smallest absolute Gasteiger partial charge is 0.273 e. The Morgan fingerprint density at radius 1 is 1.18 bits per heavy atom. The van der Waals surface area contributed by atoms with E-state index in [1.54, 1.807) is 35.2 Å². The Bertz CT molecular complexity index is 1040. The third-order valence-electron chi connectivity index (χ3n) is 5.01. The molecule has 2 heterocycles. The minimum atomic E-state index is -0.477. The van der Waals surface area contributed by atoms with Crippen molar-refractivity contribution in [2.24, 2.45) is 0 Å². The van der Waals surface area contributed by atoms with Crippen LogP contribution < -0.4 is 0 Å². The van der Waals surface area contributed by atoms with Crippen LogP contribution in [0.15, 0.2) is 42.5 Å². The number of rotatable bonds is 5. The van der Waals surface area contributed by atoms with Crippen LogP contribution in [0.1, 0.15) is 39.6 Å². The number of hydrogen-bond donors (Lipinski definition) is 4. The number of aromatic nitrogens is 2. The lowest BCUT2D eigenvalue weighted by molar-refractivity contribution is 0.0732. The summed E-state index contributed by atoms with van der Waals surface area (Å²) in [6.07, 6.45) is 0.434. The zero-order valence-electron chi connectivity index (χ0n) is 15.4. The molecule has 4 rings (SSSR count). The first-order valence-corrected chi connectivity index (χ1v) is 9.10. The Labute approximate surface area is 161 Å². The van der Waals surface area contributed by atoms with Crippen LogP contribution in [0, 0.1) is 6.92 Å². The van der Waals surface area contributed by atoms with Gasteiger partial charge in [0.25, 0.3) is 5.91 Å². The molecule has 4 N–H and O–H groups in total. The van der Waals surface area contributed by atoms with E-state index in [1.165, 1.54) is 0 Å². The second kappa shape index (κ2) is 7.01. The molecule has 1 aromatic heterocycles. The molecule has 0 saturated heterocycles. The number of phenolic OH excluding ortho intramolecular Hbond substituents is 2. The largest absolute Gasteiger partial charge is 0.508 e. The molecule has 1 amide bonds. The monoisotopic (exact) mass is 379 g/mol. The average Bonchev–Trinajstić information content (AvgIpc) is 3.21. The SMILES string of the molecule is Cc1ccc(O)c(-c2n[nH]c3c2[C@@H](c2cccc(O)c2)N(CCCO)C3=O)c1. The van der Waals surface area contributed by atoms with Crippen LogP contribution in [-0.4, -0.2) is 49.5 Å². The molecule has 7 heteroatoms. The maximum absolute atomic E-state index is 13.0. The predicted molar refractivity (Wildman–Crippen MR) is 103 cm³/mol. The van der Waals surface area contributed by atoms with Crippen molar-refractivity contribution in [2.45, 2.75) is 19.4 Å². The Kier molecular flexibility index (Phi) is 4.52. The van der Waals surface area contributed by atoms with Crippen molar-refractivity contribution in [1.82, 2.24) is 15.1 Å². The van der Waals surface area contributed by atoms with Crippen molar-refractivity contribution in [1.29, 1.82) is 0 Å². The number of aromatic amines is 1. The molecule has 144 valence electrons. The fourth-order valence-corrected chi connectivity index (χ4v) is 3.75. The number of hydrogen-bond acceptors (Lipinski definition) is 5. The van der Waals surface area contributed by atoms with E-state index in [9.17, 15) is 20.1 Å². The first kappa shape index (κ1) is 18.1. The quantitative estimate of drug-likeness (QED) is 0.545. The van der Waals surface area contributed by atoms with Gasteiger partial charge in [0, 0.05) is 24.3 Å². The third kappa shape index (κ3) is 2.90. The fourth-order valence-electron chi connectivity index (χ4n) is 3.75. The molecule has 1 aliphatic rings. The molecule has 1 aliphatic heterocycles. The van der Waals surface area contributed by atoms with E-state index >= 15 is 0 Å². The van der Waals surface area contributed by atoms with E-state index in [2.05, 4.69) is 10.2 Å². The highest BCUT2D eigenvalue weighted by Gasteiger charge is 2.42. The Morgan fingerprint density at radius 2 is 2.00 bits per heavy atom. The summed E-state index contributed by atoms with van der Waals surface area (Å²) >= 11 is 0. The standard InChI is InChI=1S/C21H21N3O4/c1-12-6-7-16(27)15(10-12)18-17-19(23-22-18)21(28)24(8-3-9-25)20(17)13-4-2-5-14(26)11-13/h2,4-7,10-11,20,25-27H,3,8-9H2,1H3,(H,22,23)/t20-/m1/s1. The van der Waals surface area contributed by atoms with Gasteiger partial charge in [0.1, 0.15) is 22.9 Å². The zero-order chi connectivity index (χ0) is 19.8. The number of carbonyl (C=O) groups excluding carboxylic acids is 1. The maximum atomic E-state index is 13.0. The number of H-pyrrole nitrogens is 1. The molecule has 1 atom stereocenters. The number of nitrogens with one attached hydrogen (secondary N) is 1. The van der Waals surface area contributed by atoms with Crippen molar-refractivity contribution >= 4 is 5.91 Å². The molecular weight excluding hydrogens is 358 g/mol. The van der Waals surface area contributed by atoms with E-state index in [1.807, 2.05) is 19.1 Å². The van der Waals surface area contributed by atoms with Crippen LogP contribution in [0.4, 0.5) is 0 Å². The molecular formula is C21H21N3O4. The van der Waals surface area contributed by atoms with Crippen molar-refractivity contribution in [3.8, 4) is 22.8 Å². The molecule has 0 fully saturated rings. The molecule has 0 radical (unpaired) electrons. The molecule has 0 aliphatic carbocycles. The average molecular weight is 379 g/mol. The van der Waals surface area contributed by atoms with Crippen molar-refractivity contribution < 1.29 is 20.1 Å². The van der Waals surface area contributed by atoms with Gasteiger partial charge in [-0.25, -0.2) is 0 Å². The summed E-state index contributed by atoms with van der Waals surface area (Å²) < 4.78 is 0. The first-order valence-electron chi connectivity index (χ1n) is 9.10. The number of aliphatic hydroxyl groups is 1. The Hall–Kier alpha value is -3.32. The van der Waals surface area contributed by atoms with Crippen molar-refractivity contribution in [3.05, 3.63) is 64.8 Å². The van der Waals surface area contributed by atoms with Gasteiger partial charge >= 0.3 is 0 Å². The summed E-state index contributed by atoms with van der Waals surface area (Å²) in [5, 5.41) is 36.8. The summed E-state index contributed by atoms with van der Waals surface area (Å²) in [6, 6.07) is 11.5. The molecule has 0 spiro atoms. The van der Waals surface area contributed by atoms with Gasteiger partial charge in [-0.15, -0.1) is 0 Å².